The summed E-state index contributed by atoms with van der Waals surface area (Å²) in [6.45, 7) is 7.32. The molecule has 1 radical (unpaired) electrons. The summed E-state index contributed by atoms with van der Waals surface area (Å²) in [5.74, 6) is -0.501. The summed E-state index contributed by atoms with van der Waals surface area (Å²) >= 11 is 0. The van der Waals surface area contributed by atoms with Gasteiger partial charge >= 0.3 is 12.2 Å². The molecular formula is C29H35LrN4O5-. The van der Waals surface area contributed by atoms with Gasteiger partial charge in [-0.3, -0.25) is 9.69 Å². The summed E-state index contributed by atoms with van der Waals surface area (Å²) in [5, 5.41) is 14.9. The molecule has 4 rings (SSSR count). The van der Waals surface area contributed by atoms with Crippen LogP contribution in [0, 0.1) is 0 Å². The smallest absolute Gasteiger partial charge is 0.411 e. The van der Waals surface area contributed by atoms with Crippen LogP contribution in [-0.4, -0.2) is 66.1 Å². The average Bonchev–Trinajstić information content (AvgIpc) is 3.44. The molecule has 2 aliphatic rings. The van der Waals surface area contributed by atoms with Crippen molar-refractivity contribution in [3.05, 3.63) is 65.1 Å². The average molecular weight is 782 g/mol. The second-order valence-electron chi connectivity index (χ2n) is 10.7. The molecule has 2 aromatic rings. The molecule has 39 heavy (non-hydrogen) atoms. The molecule has 1 fully saturated rings. The monoisotopic (exact) mass is 781 g/mol. The predicted molar refractivity (Wildman–Crippen MR) is 145 cm³/mol. The number of carbonyl (C=O) groups excluding carboxylic acids is 3. The van der Waals surface area contributed by atoms with Crippen molar-refractivity contribution in [1.82, 2.24) is 15.5 Å². The normalized spacial score (nSPS) is 18.7. The molecule has 1 aliphatic carbocycles. The Hall–Kier alpha value is -4.88. The summed E-state index contributed by atoms with van der Waals surface area (Å²) < 4.78 is 11.2. The number of hydrogen-bond acceptors (Lipinski definition) is 5. The van der Waals surface area contributed by atoms with E-state index >= 15 is 0 Å². The molecule has 1 aliphatic heterocycles. The zero-order valence-electron chi connectivity index (χ0n) is 22.5. The van der Waals surface area contributed by atoms with Gasteiger partial charge in [-0.2, -0.15) is 6.21 Å². The van der Waals surface area contributed by atoms with Gasteiger partial charge in [0.05, 0.1) is 6.04 Å². The van der Waals surface area contributed by atoms with Crippen LogP contribution in [0.2, 0.25) is 0 Å². The molecule has 9 nitrogen and oxygen atoms in total. The summed E-state index contributed by atoms with van der Waals surface area (Å²) in [6, 6.07) is 14.3. The van der Waals surface area contributed by atoms with Gasteiger partial charge in [0, 0.05) is 18.5 Å². The molecule has 3 atom stereocenters. The molecule has 0 aromatic heterocycles. The number of carbonyl (C=O) groups is 3. The summed E-state index contributed by atoms with van der Waals surface area (Å²) in [4.78, 5) is 40.0. The first-order chi connectivity index (χ1) is 18.1. The first-order valence-electron chi connectivity index (χ1n) is 13.0. The van der Waals surface area contributed by atoms with Crippen molar-refractivity contribution in [1.29, 1.82) is 0 Å². The number of benzene rings is 2. The molecule has 2 N–H and O–H groups in total. The fourth-order valence-corrected chi connectivity index (χ4v) is 5.04. The molecule has 0 spiro atoms. The van der Waals surface area contributed by atoms with E-state index in [1.54, 1.807) is 20.8 Å². The molecule has 217 valence electrons. The van der Waals surface area contributed by atoms with E-state index in [0.29, 0.717) is 6.42 Å². The van der Waals surface area contributed by atoms with Crippen LogP contribution in [0.25, 0.3) is 16.5 Å². The third-order valence-corrected chi connectivity index (χ3v) is 6.84. The largest absolute Gasteiger partial charge is 0.813 e. The van der Waals surface area contributed by atoms with Crippen LogP contribution >= 0.6 is 0 Å². The summed E-state index contributed by atoms with van der Waals surface area (Å²) in [7, 11) is 0. The summed E-state index contributed by atoms with van der Waals surface area (Å²) in [6.07, 6.45) is 0.338. The Morgan fingerprint density at radius 1 is 1.08 bits per heavy atom. The number of ether oxygens (including phenoxy) is 2. The van der Waals surface area contributed by atoms with Gasteiger partial charge in [0.15, 0.2) is 0 Å². The maximum atomic E-state index is 13.0. The minimum atomic E-state index is -0.863. The molecule has 0 bridgehead atoms. The molecule has 0 unspecified atom stereocenters. The van der Waals surface area contributed by atoms with E-state index in [0.717, 1.165) is 28.5 Å². The maximum Gasteiger partial charge on any atom is 0.411 e. The Bertz CT molecular complexity index is 1170. The van der Waals surface area contributed by atoms with Gasteiger partial charge in [0.1, 0.15) is 18.2 Å². The zero-order chi connectivity index (χ0) is 27.4. The molecule has 1 heterocycles. The number of nitrogens with one attached hydrogen (secondary N) is 2. The maximum absolute atomic E-state index is 13.0. The van der Waals surface area contributed by atoms with Crippen molar-refractivity contribution >= 4 is 24.3 Å². The van der Waals surface area contributed by atoms with Crippen LogP contribution in [0.15, 0.2) is 48.5 Å². The number of fused-ring (bicyclic) bond motifs is 3. The summed E-state index contributed by atoms with van der Waals surface area (Å²) in [5.41, 5.74) is 3.75. The van der Waals surface area contributed by atoms with Crippen molar-refractivity contribution in [3.8, 4) is 11.1 Å². The second kappa shape index (κ2) is 11.7. The zero-order valence-corrected chi connectivity index (χ0v) is 24.7. The van der Waals surface area contributed by atoms with Gasteiger partial charge in [-0.1, -0.05) is 55.5 Å². The Morgan fingerprint density at radius 3 is 2.21 bits per heavy atom. The van der Waals surface area contributed by atoms with Crippen LogP contribution in [0.5, 0.6) is 0 Å². The van der Waals surface area contributed by atoms with Crippen molar-refractivity contribution < 1.29 is 23.9 Å². The first kappa shape index (κ1) is 28.7. The van der Waals surface area contributed by atoms with E-state index in [1.165, 1.54) is 4.90 Å². The molecule has 2 aromatic carbocycles. The van der Waals surface area contributed by atoms with Gasteiger partial charge in [0.25, 0.3) is 0 Å². The number of rotatable bonds is 7. The van der Waals surface area contributed by atoms with Crippen LogP contribution < -0.4 is 10.6 Å². The van der Waals surface area contributed by atoms with E-state index < -0.39 is 41.8 Å². The minimum Gasteiger partial charge on any atom is -0.813 e. The molecule has 0 saturated carbocycles. The SMILES string of the molecule is CC[C@@H](C=[N-])NC(=O)[C@@H]1C[C@@H](NC(=O)OCC2c3ccccc3-c3ccccc32)CN1C(=O)OC(C)(C)C.[Lr]. The molecular weight excluding hydrogens is 746 g/mol. The fraction of sp³-hybridized carbons (Fsp3) is 0.448. The number of amides is 3. The molecule has 3 amide bonds. The van der Waals surface area contributed by atoms with Crippen molar-refractivity contribution in [2.75, 3.05) is 13.2 Å². The topological polar surface area (TPSA) is 119 Å². The van der Waals surface area contributed by atoms with Crippen molar-refractivity contribution in [2.45, 2.75) is 70.2 Å². The second-order valence-corrected chi connectivity index (χ2v) is 10.7. The van der Waals surface area contributed by atoms with Gasteiger partial charge < -0.3 is 25.5 Å². The third-order valence-electron chi connectivity index (χ3n) is 6.84. The van der Waals surface area contributed by atoms with Crippen LogP contribution in [0.1, 0.15) is 57.6 Å². The number of likely N-dealkylation sites (tertiary alicyclic amines) is 1. The number of hydrogen-bond donors (Lipinski definition) is 2. The number of alkyl carbamates (subject to hydrolysis) is 1. The van der Waals surface area contributed by atoms with Crippen LogP contribution in [-0.2, 0) is 14.3 Å². The van der Waals surface area contributed by atoms with E-state index in [4.69, 9.17) is 9.47 Å². The van der Waals surface area contributed by atoms with Crippen molar-refractivity contribution in [2.24, 2.45) is 0 Å². The Kier molecular flexibility index (Phi) is 8.58. The molecule has 10 heteroatoms. The van der Waals surface area contributed by atoms with E-state index in [2.05, 4.69) is 22.8 Å². The van der Waals surface area contributed by atoms with Crippen molar-refractivity contribution in [3.63, 3.8) is 0 Å². The van der Waals surface area contributed by atoms with Gasteiger partial charge in [-0.25, -0.2) is 9.59 Å². The fourth-order valence-electron chi connectivity index (χ4n) is 5.04. The number of nitrogens with zero attached hydrogens (tertiary/aromatic N) is 2. The van der Waals surface area contributed by atoms with E-state index in [9.17, 15) is 19.8 Å². The standard InChI is InChI=1S/C29H35N4O5.Lr/c1-5-18(15-30)31-26(34)25-14-19(16-33(25)28(36)38-29(2,3)4)32-27(35)37-17-24-22-12-8-6-10-20(22)21-11-7-9-13-23(21)24;/h6-13,15,18-19,24-25H,5,14,16-17H2,1-4H3,(H,31,34)(H,32,35);/q-1;/t18-,19+,25-;/m0./s1. The predicted octanol–water partition coefficient (Wildman–Crippen LogP) is 4.44. The third kappa shape index (κ3) is 6.34. The Morgan fingerprint density at radius 2 is 1.67 bits per heavy atom. The Labute approximate surface area is 223 Å². The van der Waals surface area contributed by atoms with Gasteiger partial charge in [-0.15, -0.1) is 0 Å². The van der Waals surface area contributed by atoms with Crippen LogP contribution in [0.3, 0.4) is 0 Å². The molecule has 1 saturated heterocycles. The van der Waals surface area contributed by atoms with Crippen LogP contribution in [0.4, 0.5) is 9.59 Å². The van der Waals surface area contributed by atoms with Gasteiger partial charge in [-0.05, 0) is 55.9 Å². The van der Waals surface area contributed by atoms with E-state index in [-0.39, 0.29) is 25.5 Å². The first-order valence-corrected chi connectivity index (χ1v) is 13.0. The minimum absolute atomic E-state index is 0. The van der Waals surface area contributed by atoms with Gasteiger partial charge in [0.2, 0.25) is 5.91 Å². The Balaban J connectivity index is 0.00000420. The quantitative estimate of drug-likeness (QED) is 0.403. The van der Waals surface area contributed by atoms with E-state index in [1.807, 2.05) is 43.3 Å².